The molecule has 12 heteroatoms. The lowest BCUT2D eigenvalue weighted by Gasteiger charge is -2.35. The zero-order chi connectivity index (χ0) is 21.5. The van der Waals surface area contributed by atoms with E-state index in [0.717, 1.165) is 11.0 Å². The van der Waals surface area contributed by atoms with Gasteiger partial charge in [0, 0.05) is 23.6 Å². The van der Waals surface area contributed by atoms with Crippen LogP contribution in [0.1, 0.15) is 35.5 Å². The zero-order valence-corrected chi connectivity index (χ0v) is 15.4. The van der Waals surface area contributed by atoms with E-state index in [9.17, 15) is 34.7 Å². The number of anilines is 1. The van der Waals surface area contributed by atoms with Gasteiger partial charge in [0.05, 0.1) is 17.2 Å². The topological polar surface area (TPSA) is 168 Å². The summed E-state index contributed by atoms with van der Waals surface area (Å²) in [6.45, 7) is 3.30. The molecule has 2 amide bonds. The first-order valence-corrected chi connectivity index (χ1v) is 8.41. The maximum absolute atomic E-state index is 12.7. The summed E-state index contributed by atoms with van der Waals surface area (Å²) in [5.74, 6) is -1.15. The van der Waals surface area contributed by atoms with Crippen molar-refractivity contribution in [1.29, 1.82) is 0 Å². The minimum Gasteiger partial charge on any atom is -0.465 e. The van der Waals surface area contributed by atoms with Gasteiger partial charge >= 0.3 is 12.2 Å². The number of carbonyl (C=O) groups is 3. The highest BCUT2D eigenvalue weighted by Gasteiger charge is 2.40. The third-order valence-electron chi connectivity index (χ3n) is 4.59. The Bertz CT molecular complexity index is 1040. The summed E-state index contributed by atoms with van der Waals surface area (Å²) < 4.78 is 0.546. The van der Waals surface area contributed by atoms with Crippen molar-refractivity contribution in [3.63, 3.8) is 0 Å². The van der Waals surface area contributed by atoms with Crippen LogP contribution in [0.4, 0.5) is 21.1 Å². The predicted octanol–water partition coefficient (Wildman–Crippen LogP) is 2.34. The number of carbonyl (C=O) groups excluding carboxylic acids is 1. The molecule has 1 aromatic heterocycles. The second-order valence-corrected chi connectivity index (χ2v) is 7.12. The Balaban J connectivity index is 2.10. The summed E-state index contributed by atoms with van der Waals surface area (Å²) in [5.41, 5.74) is -0.985. The lowest BCUT2D eigenvalue weighted by atomic mass is 9.83. The number of amides is 2. The van der Waals surface area contributed by atoms with Gasteiger partial charge in [-0.1, -0.05) is 26.0 Å². The molecule has 0 fully saturated rings. The maximum atomic E-state index is 12.7. The first-order valence-electron chi connectivity index (χ1n) is 8.41. The monoisotopic (exact) mass is 403 g/mol. The van der Waals surface area contributed by atoms with Gasteiger partial charge in [-0.2, -0.15) is 5.10 Å². The molecule has 0 saturated heterocycles. The van der Waals surface area contributed by atoms with Crippen LogP contribution in [0, 0.1) is 10.1 Å². The molecule has 0 aliphatic carbocycles. The van der Waals surface area contributed by atoms with E-state index >= 15 is 0 Å². The Hall–Kier alpha value is -3.96. The van der Waals surface area contributed by atoms with Gasteiger partial charge in [-0.25, -0.2) is 9.59 Å². The number of hydrogen-bond donors (Lipinski definition) is 3. The van der Waals surface area contributed by atoms with E-state index in [1.54, 1.807) is 13.8 Å². The largest absolute Gasteiger partial charge is 0.465 e. The molecule has 1 aliphatic rings. The molecule has 0 atom stereocenters. The fourth-order valence-corrected chi connectivity index (χ4v) is 3.34. The molecule has 1 aliphatic heterocycles. The Morgan fingerprint density at radius 1 is 1.21 bits per heavy atom. The van der Waals surface area contributed by atoms with Crippen molar-refractivity contribution in [2.75, 3.05) is 11.9 Å². The van der Waals surface area contributed by atoms with Crippen LogP contribution in [0.3, 0.4) is 0 Å². The van der Waals surface area contributed by atoms with Crippen molar-refractivity contribution < 1.29 is 29.5 Å². The number of rotatable bonds is 3. The van der Waals surface area contributed by atoms with Gasteiger partial charge in [0.1, 0.15) is 11.4 Å². The molecule has 2 heterocycles. The van der Waals surface area contributed by atoms with Crippen molar-refractivity contribution in [3.8, 4) is 0 Å². The van der Waals surface area contributed by atoms with Crippen LogP contribution < -0.4 is 5.32 Å². The molecular formula is C17H17N5O7. The molecule has 1 aromatic carbocycles. The summed E-state index contributed by atoms with van der Waals surface area (Å²) >= 11 is 0. The lowest BCUT2D eigenvalue weighted by molar-refractivity contribution is -0.385. The minimum absolute atomic E-state index is 0.0868. The van der Waals surface area contributed by atoms with Crippen molar-refractivity contribution in [2.45, 2.75) is 25.8 Å². The van der Waals surface area contributed by atoms with Crippen molar-refractivity contribution >= 4 is 29.6 Å². The van der Waals surface area contributed by atoms with Gasteiger partial charge in [-0.3, -0.25) is 14.9 Å². The number of fused-ring (bicyclic) bond motifs is 1. The molecule has 3 rings (SSSR count). The van der Waals surface area contributed by atoms with Gasteiger partial charge in [-0.05, 0) is 6.07 Å². The summed E-state index contributed by atoms with van der Waals surface area (Å²) in [4.78, 5) is 47.4. The number of nitrogens with zero attached hydrogens (tertiary/aromatic N) is 4. The molecule has 2 aromatic rings. The second-order valence-electron chi connectivity index (χ2n) is 7.12. The van der Waals surface area contributed by atoms with Gasteiger partial charge in [0.15, 0.2) is 0 Å². The van der Waals surface area contributed by atoms with E-state index in [0.29, 0.717) is 10.4 Å². The summed E-state index contributed by atoms with van der Waals surface area (Å²) in [5, 5.41) is 36.5. The molecular weight excluding hydrogens is 386 g/mol. The number of nitro groups is 1. The number of benzene rings is 1. The molecule has 0 spiro atoms. The number of nitrogens with one attached hydrogen (secondary N) is 1. The SMILES string of the molecule is CC1(C)CN(C(=O)O)Cc2c1nn(C(=O)O)c2NC(=O)c1ccccc1[N+](=O)[O-]. The number of aromatic nitrogens is 2. The quantitative estimate of drug-likeness (QED) is 0.518. The average Bonchev–Trinajstić information content (AvgIpc) is 3.01. The summed E-state index contributed by atoms with van der Waals surface area (Å²) in [7, 11) is 0. The number of nitro benzene ring substituents is 1. The third-order valence-corrected chi connectivity index (χ3v) is 4.59. The van der Waals surface area contributed by atoms with Crippen LogP contribution >= 0.6 is 0 Å². The maximum Gasteiger partial charge on any atom is 0.434 e. The minimum atomic E-state index is -1.49. The van der Waals surface area contributed by atoms with E-state index < -0.39 is 34.1 Å². The molecule has 12 nitrogen and oxygen atoms in total. The lowest BCUT2D eigenvalue weighted by Crippen LogP contribution is -2.44. The van der Waals surface area contributed by atoms with Crippen LogP contribution in [0.25, 0.3) is 0 Å². The smallest absolute Gasteiger partial charge is 0.434 e. The van der Waals surface area contributed by atoms with E-state index in [2.05, 4.69) is 10.4 Å². The number of hydrogen-bond acceptors (Lipinski definition) is 6. The molecule has 0 bridgehead atoms. The van der Waals surface area contributed by atoms with Crippen LogP contribution in [-0.2, 0) is 12.0 Å². The standard InChI is InChI=1S/C17H17N5O7/c1-17(2)8-20(15(24)25)7-10-12(17)19-21(16(26)27)13(10)18-14(23)9-5-3-4-6-11(9)22(28)29/h3-6H,7-8H2,1-2H3,(H,18,23)(H,24,25)(H,26,27). The fourth-order valence-electron chi connectivity index (χ4n) is 3.34. The number of carboxylic acid groups (broad SMARTS) is 2. The van der Waals surface area contributed by atoms with Crippen molar-refractivity contribution in [3.05, 3.63) is 51.2 Å². The summed E-state index contributed by atoms with van der Waals surface area (Å²) in [6, 6.07) is 5.20. The third kappa shape index (κ3) is 3.47. The normalized spacial score (nSPS) is 14.8. The fraction of sp³-hybridized carbons (Fsp3) is 0.294. The molecule has 152 valence electrons. The average molecular weight is 403 g/mol. The van der Waals surface area contributed by atoms with Crippen molar-refractivity contribution in [1.82, 2.24) is 14.7 Å². The molecule has 29 heavy (non-hydrogen) atoms. The van der Waals surface area contributed by atoms with Gasteiger partial charge < -0.3 is 20.4 Å². The molecule has 0 saturated carbocycles. The summed E-state index contributed by atoms with van der Waals surface area (Å²) in [6.07, 6.45) is -2.70. The van der Waals surface area contributed by atoms with Gasteiger partial charge in [0.25, 0.3) is 11.6 Å². The molecule has 0 unspecified atom stereocenters. The highest BCUT2D eigenvalue weighted by Crippen LogP contribution is 2.37. The highest BCUT2D eigenvalue weighted by molar-refractivity contribution is 6.07. The van der Waals surface area contributed by atoms with E-state index in [-0.39, 0.29) is 30.0 Å². The highest BCUT2D eigenvalue weighted by atomic mass is 16.6. The first-order chi connectivity index (χ1) is 13.5. The van der Waals surface area contributed by atoms with E-state index in [1.165, 1.54) is 18.2 Å². The van der Waals surface area contributed by atoms with Crippen molar-refractivity contribution in [2.24, 2.45) is 0 Å². The first kappa shape index (κ1) is 19.8. The predicted molar refractivity (Wildman–Crippen MR) is 98.2 cm³/mol. The molecule has 0 radical (unpaired) electrons. The van der Waals surface area contributed by atoms with Crippen LogP contribution in [-0.4, -0.2) is 54.5 Å². The Kier molecular flexibility index (Phi) is 4.70. The Morgan fingerprint density at radius 2 is 1.86 bits per heavy atom. The Labute approximate surface area is 163 Å². The molecule has 3 N–H and O–H groups in total. The van der Waals surface area contributed by atoms with Crippen LogP contribution in [0.15, 0.2) is 24.3 Å². The second kappa shape index (κ2) is 6.89. The van der Waals surface area contributed by atoms with E-state index in [4.69, 9.17) is 0 Å². The Morgan fingerprint density at radius 3 is 2.45 bits per heavy atom. The van der Waals surface area contributed by atoms with Gasteiger partial charge in [0.2, 0.25) is 0 Å². The number of para-hydroxylation sites is 1. The van der Waals surface area contributed by atoms with Crippen LogP contribution in [0.5, 0.6) is 0 Å². The van der Waals surface area contributed by atoms with Gasteiger partial charge in [-0.15, -0.1) is 4.68 Å². The zero-order valence-electron chi connectivity index (χ0n) is 15.4. The van der Waals surface area contributed by atoms with Crippen LogP contribution in [0.2, 0.25) is 0 Å². The van der Waals surface area contributed by atoms with E-state index in [1.807, 2.05) is 0 Å².